The number of hydrogen-bond acceptors (Lipinski definition) is 5. The predicted molar refractivity (Wildman–Crippen MR) is 164 cm³/mol. The summed E-state index contributed by atoms with van der Waals surface area (Å²) in [6, 6.07) is 29.7. The number of pyridine rings is 1. The first-order chi connectivity index (χ1) is 20.0. The van der Waals surface area contributed by atoms with Crippen LogP contribution in [0.4, 0.5) is 0 Å². The van der Waals surface area contributed by atoms with Crippen molar-refractivity contribution in [3.63, 3.8) is 0 Å². The minimum absolute atomic E-state index is 0.262. The van der Waals surface area contributed by atoms with E-state index in [1.807, 2.05) is 72.8 Å². The van der Waals surface area contributed by atoms with Crippen LogP contribution in [0.1, 0.15) is 33.9 Å². The molecule has 0 aliphatic carbocycles. The van der Waals surface area contributed by atoms with E-state index < -0.39 is 6.04 Å². The monoisotopic (exact) mass is 607 g/mol. The summed E-state index contributed by atoms with van der Waals surface area (Å²) in [5.74, 6) is 0.991. The molecule has 1 N–H and O–H groups in total. The number of aromatic nitrogens is 1. The molecule has 41 heavy (non-hydrogen) atoms. The molecule has 4 aromatic carbocycles. The van der Waals surface area contributed by atoms with Crippen LogP contribution in [-0.4, -0.2) is 35.8 Å². The van der Waals surface area contributed by atoms with E-state index in [-0.39, 0.29) is 11.5 Å². The lowest BCUT2D eigenvalue weighted by Gasteiger charge is -2.22. The van der Waals surface area contributed by atoms with Gasteiger partial charge in [-0.2, -0.15) is 5.10 Å². The van der Waals surface area contributed by atoms with Crippen molar-refractivity contribution in [1.29, 1.82) is 0 Å². The number of hydrazone groups is 1. The minimum atomic E-state index is -0.434. The van der Waals surface area contributed by atoms with Gasteiger partial charge in [0.05, 0.1) is 31.5 Å². The van der Waals surface area contributed by atoms with Crippen LogP contribution in [0.3, 0.4) is 0 Å². The van der Waals surface area contributed by atoms with Crippen molar-refractivity contribution in [3.05, 3.63) is 129 Å². The van der Waals surface area contributed by atoms with Gasteiger partial charge in [0.2, 0.25) is 0 Å². The second-order valence-corrected chi connectivity index (χ2v) is 10.6. The summed E-state index contributed by atoms with van der Waals surface area (Å²) in [5, 5.41) is 7.22. The zero-order valence-electron chi connectivity index (χ0n) is 22.4. The molecule has 2 heterocycles. The van der Waals surface area contributed by atoms with Gasteiger partial charge in [-0.15, -0.1) is 0 Å². The molecule has 6 rings (SSSR count). The van der Waals surface area contributed by atoms with Gasteiger partial charge in [-0.05, 0) is 59.7 Å². The molecule has 0 spiro atoms. The Labute approximate surface area is 245 Å². The van der Waals surface area contributed by atoms with Gasteiger partial charge < -0.3 is 14.5 Å². The number of fused-ring (bicyclic) bond motifs is 1. The fourth-order valence-corrected chi connectivity index (χ4v) is 5.63. The third kappa shape index (κ3) is 5.02. The van der Waals surface area contributed by atoms with Crippen LogP contribution >= 0.6 is 15.9 Å². The van der Waals surface area contributed by atoms with Crippen LogP contribution in [0.15, 0.2) is 111 Å². The molecule has 0 saturated carbocycles. The number of hydrogen-bond donors (Lipinski definition) is 1. The molecule has 7 nitrogen and oxygen atoms in total. The summed E-state index contributed by atoms with van der Waals surface area (Å²) in [7, 11) is 3.17. The molecule has 1 aromatic heterocycles. The van der Waals surface area contributed by atoms with Crippen molar-refractivity contribution in [2.24, 2.45) is 5.10 Å². The highest BCUT2D eigenvalue weighted by atomic mass is 79.9. The lowest BCUT2D eigenvalue weighted by molar-refractivity contribution is 0.0711. The average Bonchev–Trinajstić information content (AvgIpc) is 3.45. The van der Waals surface area contributed by atoms with Crippen LogP contribution in [0.2, 0.25) is 0 Å². The number of ether oxygens (including phenoxy) is 2. The number of benzene rings is 4. The quantitative estimate of drug-likeness (QED) is 0.226. The van der Waals surface area contributed by atoms with Gasteiger partial charge in [0.15, 0.2) is 0 Å². The first-order valence-corrected chi connectivity index (χ1v) is 13.9. The second-order valence-electron chi connectivity index (χ2n) is 9.68. The van der Waals surface area contributed by atoms with Gasteiger partial charge >= 0.3 is 0 Å². The molecule has 204 valence electrons. The third-order valence-electron chi connectivity index (χ3n) is 7.26. The Bertz CT molecular complexity index is 1850. The number of nitrogens with one attached hydrogen (secondary N) is 1. The van der Waals surface area contributed by atoms with Crippen LogP contribution < -0.4 is 15.0 Å². The van der Waals surface area contributed by atoms with Crippen molar-refractivity contribution in [1.82, 2.24) is 9.99 Å². The van der Waals surface area contributed by atoms with E-state index in [4.69, 9.17) is 14.6 Å². The number of amides is 1. The molecule has 0 bridgehead atoms. The molecule has 1 amide bonds. The van der Waals surface area contributed by atoms with E-state index in [1.54, 1.807) is 38.5 Å². The lowest BCUT2D eigenvalue weighted by atomic mass is 9.91. The number of nitrogens with zero attached hydrogens (tertiary/aromatic N) is 2. The van der Waals surface area contributed by atoms with Crippen molar-refractivity contribution >= 4 is 38.5 Å². The molecule has 1 atom stereocenters. The highest BCUT2D eigenvalue weighted by Crippen LogP contribution is 2.38. The van der Waals surface area contributed by atoms with Crippen LogP contribution in [-0.2, 0) is 0 Å². The first kappa shape index (κ1) is 26.5. The summed E-state index contributed by atoms with van der Waals surface area (Å²) < 4.78 is 11.6. The second kappa shape index (κ2) is 11.1. The summed E-state index contributed by atoms with van der Waals surface area (Å²) in [4.78, 5) is 30.8. The minimum Gasteiger partial charge on any atom is -0.497 e. The van der Waals surface area contributed by atoms with E-state index in [0.29, 0.717) is 34.8 Å². The maximum absolute atomic E-state index is 13.9. The highest BCUT2D eigenvalue weighted by Gasteiger charge is 2.36. The molecular formula is C33H26BrN3O4. The Hall–Kier alpha value is -4.69. The van der Waals surface area contributed by atoms with Crippen molar-refractivity contribution < 1.29 is 14.3 Å². The number of carbonyl (C=O) groups excluding carboxylic acids is 1. The number of halogens is 1. The van der Waals surface area contributed by atoms with Crippen LogP contribution in [0, 0.1) is 0 Å². The number of carbonyl (C=O) groups is 1. The van der Waals surface area contributed by atoms with Crippen molar-refractivity contribution in [2.45, 2.75) is 12.5 Å². The largest absolute Gasteiger partial charge is 0.497 e. The molecule has 5 aromatic rings. The Morgan fingerprint density at radius 1 is 0.878 bits per heavy atom. The summed E-state index contributed by atoms with van der Waals surface area (Å²) in [5.41, 5.74) is 4.41. The number of aromatic amines is 1. The van der Waals surface area contributed by atoms with Gasteiger partial charge in [-0.3, -0.25) is 9.59 Å². The molecule has 1 aliphatic heterocycles. The summed E-state index contributed by atoms with van der Waals surface area (Å²) in [6.07, 6.45) is 0.352. The first-order valence-electron chi connectivity index (χ1n) is 13.1. The van der Waals surface area contributed by atoms with Crippen LogP contribution in [0.25, 0.3) is 22.0 Å². The summed E-state index contributed by atoms with van der Waals surface area (Å²) in [6.45, 7) is 0. The Morgan fingerprint density at radius 3 is 2.37 bits per heavy atom. The van der Waals surface area contributed by atoms with Gasteiger partial charge in [0.25, 0.3) is 11.5 Å². The zero-order valence-corrected chi connectivity index (χ0v) is 24.0. The number of H-pyrrole nitrogens is 1. The molecule has 0 saturated heterocycles. The zero-order chi connectivity index (χ0) is 28.5. The maximum atomic E-state index is 13.9. The maximum Gasteiger partial charge on any atom is 0.274 e. The highest BCUT2D eigenvalue weighted by molar-refractivity contribution is 9.10. The third-order valence-corrected chi connectivity index (χ3v) is 7.76. The van der Waals surface area contributed by atoms with Crippen molar-refractivity contribution in [2.75, 3.05) is 14.2 Å². The average molecular weight is 608 g/mol. The van der Waals surface area contributed by atoms with E-state index in [9.17, 15) is 9.59 Å². The fraction of sp³-hybridized carbons (Fsp3) is 0.121. The van der Waals surface area contributed by atoms with Gasteiger partial charge in [0.1, 0.15) is 11.5 Å². The number of rotatable bonds is 6. The van der Waals surface area contributed by atoms with Crippen LogP contribution in [0.5, 0.6) is 11.5 Å². The Morgan fingerprint density at radius 2 is 1.63 bits per heavy atom. The topological polar surface area (TPSA) is 84.0 Å². The van der Waals surface area contributed by atoms with E-state index in [1.165, 1.54) is 5.01 Å². The van der Waals surface area contributed by atoms with Crippen molar-refractivity contribution in [3.8, 4) is 22.6 Å². The SMILES string of the molecule is COc1ccc([C@H]2CC(c3c(-c4ccccc4)c4cc(Br)ccc4[nH]c3=O)=NN2C(=O)c2cccc(OC)c2)cc1. The lowest BCUT2D eigenvalue weighted by Crippen LogP contribution is -2.27. The van der Waals surface area contributed by atoms with E-state index >= 15 is 0 Å². The normalized spacial score (nSPS) is 14.7. The van der Waals surface area contributed by atoms with Gasteiger partial charge in [-0.1, -0.05) is 64.5 Å². The molecule has 8 heteroatoms. The fourth-order valence-electron chi connectivity index (χ4n) is 5.27. The van der Waals surface area contributed by atoms with E-state index in [0.717, 1.165) is 32.1 Å². The molecule has 1 aliphatic rings. The number of methoxy groups -OCH3 is 2. The Balaban J connectivity index is 1.55. The molecule has 0 unspecified atom stereocenters. The van der Waals surface area contributed by atoms with Gasteiger partial charge in [-0.25, -0.2) is 5.01 Å². The standard InChI is InChI=1S/C33H26BrN3O4/c1-40-24-14-11-20(12-15-24)29-19-28(36-37(29)33(39)22-9-6-10-25(17-22)41-2)31-30(21-7-4-3-5-8-21)26-18-23(34)13-16-27(26)35-32(31)38/h3-18,29H,19H2,1-2H3,(H,35,38)/t29-/m1/s1. The predicted octanol–water partition coefficient (Wildman–Crippen LogP) is 6.97. The summed E-state index contributed by atoms with van der Waals surface area (Å²) >= 11 is 3.59. The van der Waals surface area contributed by atoms with Gasteiger partial charge in [0, 0.05) is 32.9 Å². The molecular weight excluding hydrogens is 582 g/mol. The smallest absolute Gasteiger partial charge is 0.274 e. The Kier molecular flexibility index (Phi) is 7.15. The molecule has 0 fully saturated rings. The molecule has 0 radical (unpaired) electrons. The van der Waals surface area contributed by atoms with E-state index in [2.05, 4.69) is 20.9 Å².